The average molecular weight is 352 g/mol. The highest BCUT2D eigenvalue weighted by Gasteiger charge is 2.31. The topological polar surface area (TPSA) is 52.2 Å². The van der Waals surface area contributed by atoms with Gasteiger partial charge in [-0.15, -0.1) is 0 Å². The van der Waals surface area contributed by atoms with Crippen LogP contribution in [0.15, 0.2) is 30.3 Å². The third-order valence-corrected chi connectivity index (χ3v) is 5.76. The minimum atomic E-state index is 0.123. The van der Waals surface area contributed by atoms with Crippen molar-refractivity contribution in [3.05, 3.63) is 53.1 Å². The van der Waals surface area contributed by atoms with Crippen LogP contribution in [0.4, 0.5) is 0 Å². The Morgan fingerprint density at radius 1 is 1.19 bits per heavy atom. The van der Waals surface area contributed by atoms with Crippen LogP contribution in [-0.4, -0.2) is 58.4 Å². The van der Waals surface area contributed by atoms with E-state index in [1.165, 1.54) is 11.3 Å². The standard InChI is InChI=1S/C21H28N4O/c1-16-22-19-8-7-18(15-20(19)23-16)21(26)25-13-11-24(12-14-25)10-9-17-5-3-2-4-6-17/h2-6,18H,7-15H2,1H3,(H,22,23)/t18-/m0/s1. The predicted molar refractivity (Wildman–Crippen MR) is 102 cm³/mol. The van der Waals surface area contributed by atoms with E-state index in [1.54, 1.807) is 0 Å². The van der Waals surface area contributed by atoms with Crippen molar-refractivity contribution in [3.8, 4) is 0 Å². The van der Waals surface area contributed by atoms with Gasteiger partial charge in [0.25, 0.3) is 0 Å². The highest BCUT2D eigenvalue weighted by molar-refractivity contribution is 5.79. The van der Waals surface area contributed by atoms with Crippen LogP contribution >= 0.6 is 0 Å². The average Bonchev–Trinajstić information content (AvgIpc) is 3.06. The van der Waals surface area contributed by atoms with Crippen LogP contribution in [0.2, 0.25) is 0 Å². The lowest BCUT2D eigenvalue weighted by atomic mass is 9.88. The number of benzene rings is 1. The van der Waals surface area contributed by atoms with Gasteiger partial charge >= 0.3 is 0 Å². The Balaban J connectivity index is 1.26. The molecule has 4 rings (SSSR count). The number of aryl methyl sites for hydroxylation is 2. The first-order chi connectivity index (χ1) is 12.7. The highest BCUT2D eigenvalue weighted by atomic mass is 16.2. The Labute approximate surface area is 155 Å². The highest BCUT2D eigenvalue weighted by Crippen LogP contribution is 2.25. The summed E-state index contributed by atoms with van der Waals surface area (Å²) in [5, 5.41) is 0. The number of rotatable bonds is 4. The molecule has 1 amide bonds. The number of aromatic nitrogens is 2. The van der Waals surface area contributed by atoms with Crippen LogP contribution in [0.1, 0.15) is 29.2 Å². The minimum Gasteiger partial charge on any atom is -0.346 e. The van der Waals surface area contributed by atoms with Gasteiger partial charge in [-0.25, -0.2) is 4.98 Å². The van der Waals surface area contributed by atoms with Gasteiger partial charge in [-0.2, -0.15) is 0 Å². The molecule has 1 aromatic carbocycles. The number of carbonyl (C=O) groups is 1. The molecule has 1 fully saturated rings. The molecule has 1 aliphatic heterocycles. The van der Waals surface area contributed by atoms with E-state index in [9.17, 15) is 4.79 Å². The van der Waals surface area contributed by atoms with Gasteiger partial charge in [0.1, 0.15) is 5.82 Å². The van der Waals surface area contributed by atoms with Crippen molar-refractivity contribution < 1.29 is 4.79 Å². The van der Waals surface area contributed by atoms with E-state index in [2.05, 4.69) is 50.1 Å². The molecule has 2 aliphatic rings. The summed E-state index contributed by atoms with van der Waals surface area (Å²) in [6.45, 7) is 6.76. The molecule has 2 heterocycles. The minimum absolute atomic E-state index is 0.123. The van der Waals surface area contributed by atoms with E-state index < -0.39 is 0 Å². The van der Waals surface area contributed by atoms with Crippen LogP contribution in [0, 0.1) is 12.8 Å². The summed E-state index contributed by atoms with van der Waals surface area (Å²) in [4.78, 5) is 25.3. The molecule has 0 spiro atoms. The monoisotopic (exact) mass is 352 g/mol. The van der Waals surface area contributed by atoms with Gasteiger partial charge in [0.05, 0.1) is 5.69 Å². The summed E-state index contributed by atoms with van der Waals surface area (Å²) in [6, 6.07) is 10.6. The molecule has 0 saturated carbocycles. The lowest BCUT2D eigenvalue weighted by molar-refractivity contribution is -0.137. The number of aromatic amines is 1. The van der Waals surface area contributed by atoms with Crippen LogP contribution in [0.3, 0.4) is 0 Å². The zero-order valence-electron chi connectivity index (χ0n) is 15.6. The molecule has 2 aromatic rings. The van der Waals surface area contributed by atoms with Crippen molar-refractivity contribution in [1.82, 2.24) is 19.8 Å². The second-order valence-corrected chi connectivity index (χ2v) is 7.59. The van der Waals surface area contributed by atoms with Crippen LogP contribution < -0.4 is 0 Å². The predicted octanol–water partition coefficient (Wildman–Crippen LogP) is 2.21. The third kappa shape index (κ3) is 3.83. The van der Waals surface area contributed by atoms with Crippen molar-refractivity contribution in [2.75, 3.05) is 32.7 Å². The second kappa shape index (κ2) is 7.62. The first kappa shape index (κ1) is 17.3. The van der Waals surface area contributed by atoms with Gasteiger partial charge in [-0.3, -0.25) is 9.69 Å². The maximum absolute atomic E-state index is 12.9. The quantitative estimate of drug-likeness (QED) is 0.918. The Morgan fingerprint density at radius 2 is 1.96 bits per heavy atom. The molecule has 1 aliphatic carbocycles. The van der Waals surface area contributed by atoms with Crippen LogP contribution in [0.5, 0.6) is 0 Å². The summed E-state index contributed by atoms with van der Waals surface area (Å²) >= 11 is 0. The first-order valence-electron chi connectivity index (χ1n) is 9.78. The maximum Gasteiger partial charge on any atom is 0.226 e. The van der Waals surface area contributed by atoms with E-state index in [0.29, 0.717) is 5.91 Å². The fraction of sp³-hybridized carbons (Fsp3) is 0.524. The largest absolute Gasteiger partial charge is 0.346 e. The number of H-pyrrole nitrogens is 1. The fourth-order valence-corrected chi connectivity index (χ4v) is 4.22. The number of nitrogens with zero attached hydrogens (tertiary/aromatic N) is 3. The van der Waals surface area contributed by atoms with Crippen LogP contribution in [-0.2, 0) is 24.1 Å². The summed E-state index contributed by atoms with van der Waals surface area (Å²) in [6.07, 6.45) is 3.76. The molecule has 1 saturated heterocycles. The van der Waals surface area contributed by atoms with Crippen molar-refractivity contribution >= 4 is 5.91 Å². The SMILES string of the molecule is Cc1nc2c([nH]1)C[C@@H](C(=O)N1CCN(CCc3ccccc3)CC1)CC2. The Morgan fingerprint density at radius 3 is 2.73 bits per heavy atom. The number of imidazole rings is 1. The number of amides is 1. The Kier molecular flexibility index (Phi) is 5.07. The van der Waals surface area contributed by atoms with E-state index in [0.717, 1.165) is 69.9 Å². The van der Waals surface area contributed by atoms with Crippen molar-refractivity contribution in [2.45, 2.75) is 32.6 Å². The zero-order chi connectivity index (χ0) is 17.9. The summed E-state index contributed by atoms with van der Waals surface area (Å²) in [7, 11) is 0. The molecule has 1 N–H and O–H groups in total. The number of carbonyl (C=O) groups excluding carboxylic acids is 1. The van der Waals surface area contributed by atoms with Gasteiger partial charge in [0.15, 0.2) is 0 Å². The summed E-state index contributed by atoms with van der Waals surface area (Å²) in [5.41, 5.74) is 3.73. The van der Waals surface area contributed by atoms with Gasteiger partial charge in [0, 0.05) is 50.8 Å². The molecule has 5 nitrogen and oxygen atoms in total. The van der Waals surface area contributed by atoms with E-state index in [4.69, 9.17) is 0 Å². The first-order valence-corrected chi connectivity index (χ1v) is 9.78. The number of hydrogen-bond acceptors (Lipinski definition) is 3. The fourth-order valence-electron chi connectivity index (χ4n) is 4.22. The zero-order valence-corrected chi connectivity index (χ0v) is 15.6. The number of piperazine rings is 1. The summed E-state index contributed by atoms with van der Waals surface area (Å²) < 4.78 is 0. The lowest BCUT2D eigenvalue weighted by Gasteiger charge is -2.37. The van der Waals surface area contributed by atoms with Crippen molar-refractivity contribution in [1.29, 1.82) is 0 Å². The Bertz CT molecular complexity index is 747. The molecule has 0 unspecified atom stereocenters. The van der Waals surface area contributed by atoms with E-state index >= 15 is 0 Å². The normalized spacial score (nSPS) is 20.8. The number of fused-ring (bicyclic) bond motifs is 1. The van der Waals surface area contributed by atoms with Crippen molar-refractivity contribution in [2.24, 2.45) is 5.92 Å². The van der Waals surface area contributed by atoms with Gasteiger partial charge in [0.2, 0.25) is 5.91 Å². The third-order valence-electron chi connectivity index (χ3n) is 5.76. The van der Waals surface area contributed by atoms with Crippen molar-refractivity contribution in [3.63, 3.8) is 0 Å². The molecule has 1 atom stereocenters. The number of hydrogen-bond donors (Lipinski definition) is 1. The van der Waals surface area contributed by atoms with Crippen LogP contribution in [0.25, 0.3) is 0 Å². The smallest absolute Gasteiger partial charge is 0.226 e. The maximum atomic E-state index is 12.9. The Hall–Kier alpha value is -2.14. The second-order valence-electron chi connectivity index (χ2n) is 7.59. The number of nitrogens with one attached hydrogen (secondary N) is 1. The van der Waals surface area contributed by atoms with E-state index in [-0.39, 0.29) is 5.92 Å². The molecule has 5 heteroatoms. The van der Waals surface area contributed by atoms with Gasteiger partial charge in [-0.05, 0) is 31.7 Å². The summed E-state index contributed by atoms with van der Waals surface area (Å²) in [5.74, 6) is 1.43. The lowest BCUT2D eigenvalue weighted by Crippen LogP contribution is -2.51. The molecule has 1 aromatic heterocycles. The molecule has 26 heavy (non-hydrogen) atoms. The molecule has 0 bridgehead atoms. The van der Waals surface area contributed by atoms with Gasteiger partial charge < -0.3 is 9.88 Å². The van der Waals surface area contributed by atoms with Gasteiger partial charge in [-0.1, -0.05) is 30.3 Å². The van der Waals surface area contributed by atoms with E-state index in [1.807, 2.05) is 6.92 Å². The molecular weight excluding hydrogens is 324 g/mol. The molecule has 0 radical (unpaired) electrons. The molecule has 138 valence electrons. The molecular formula is C21H28N4O.